The largest absolute Gasteiger partial charge is 0.463 e. The summed E-state index contributed by atoms with van der Waals surface area (Å²) in [4.78, 5) is 32.1. The Hall–Kier alpha value is -2.46. The van der Waals surface area contributed by atoms with Crippen LogP contribution in [0.5, 0.6) is 6.01 Å². The number of piperazine rings is 1. The van der Waals surface area contributed by atoms with Crippen molar-refractivity contribution in [1.82, 2.24) is 24.8 Å². The third-order valence-electron chi connectivity index (χ3n) is 7.10. The second-order valence-corrected chi connectivity index (χ2v) is 12.0. The van der Waals surface area contributed by atoms with Crippen LogP contribution in [0.3, 0.4) is 0 Å². The molecule has 196 valence electrons. The van der Waals surface area contributed by atoms with E-state index in [9.17, 15) is 4.79 Å². The molecule has 3 fully saturated rings. The molecule has 4 heterocycles. The Bertz CT molecular complexity index is 1150. The van der Waals surface area contributed by atoms with E-state index >= 15 is 4.39 Å². The van der Waals surface area contributed by atoms with E-state index in [-0.39, 0.29) is 40.3 Å². The fraction of sp³-hybridized carbons (Fsp3) is 0.680. The Morgan fingerprint density at radius 3 is 2.47 bits per heavy atom. The highest BCUT2D eigenvalue weighted by Crippen LogP contribution is 2.46. The van der Waals surface area contributed by atoms with Gasteiger partial charge in [0.2, 0.25) is 0 Å². The third-order valence-corrected chi connectivity index (χ3v) is 7.37. The molecule has 1 aliphatic carbocycles. The van der Waals surface area contributed by atoms with Crippen molar-refractivity contribution in [3.63, 3.8) is 0 Å². The molecule has 2 aliphatic heterocycles. The van der Waals surface area contributed by atoms with Gasteiger partial charge in [0.15, 0.2) is 11.0 Å². The maximum absolute atomic E-state index is 15.0. The minimum absolute atomic E-state index is 0.0204. The summed E-state index contributed by atoms with van der Waals surface area (Å²) in [6.45, 7) is 8.09. The summed E-state index contributed by atoms with van der Waals surface area (Å²) in [6, 6.07) is 0.0893. The van der Waals surface area contributed by atoms with E-state index in [0.29, 0.717) is 30.9 Å². The highest BCUT2D eigenvalue weighted by molar-refractivity contribution is 6.30. The number of anilines is 1. The first-order valence-electron chi connectivity index (χ1n) is 12.5. The average Bonchev–Trinajstić information content (AvgIpc) is 3.49. The molecule has 2 aromatic heterocycles. The van der Waals surface area contributed by atoms with Gasteiger partial charge in [0.1, 0.15) is 16.9 Å². The molecule has 36 heavy (non-hydrogen) atoms. The smallest absolute Gasteiger partial charge is 0.410 e. The standard InChI is InChI=1S/C25H34ClFN6O3/c1-24(2,3)36-23(34)33-15-6-7-16(33)12-32(11-15)21-17-10-28-20(26)18(27)19(17)29-22(30-21)35-14-25(8-9-25)13-31(4)5/h10,15-16H,6-9,11-14H2,1-5H3/t15-,16+. The van der Waals surface area contributed by atoms with Crippen LogP contribution in [0.2, 0.25) is 5.15 Å². The molecule has 1 amide bonds. The van der Waals surface area contributed by atoms with Crippen molar-refractivity contribution in [3.8, 4) is 6.01 Å². The number of carbonyl (C=O) groups excluding carboxylic acids is 1. The zero-order valence-corrected chi connectivity index (χ0v) is 22.3. The molecule has 0 spiro atoms. The molecule has 2 saturated heterocycles. The molecule has 0 N–H and O–H groups in total. The Morgan fingerprint density at radius 2 is 1.89 bits per heavy atom. The van der Waals surface area contributed by atoms with Crippen molar-refractivity contribution in [2.24, 2.45) is 5.41 Å². The summed E-state index contributed by atoms with van der Waals surface area (Å²) in [6.07, 6.45) is 5.12. The van der Waals surface area contributed by atoms with Gasteiger partial charge in [0.05, 0.1) is 24.1 Å². The number of pyridine rings is 1. The second-order valence-electron chi connectivity index (χ2n) is 11.7. The molecule has 3 aliphatic rings. The number of rotatable bonds is 6. The Morgan fingerprint density at radius 1 is 1.22 bits per heavy atom. The average molecular weight is 521 g/mol. The van der Waals surface area contributed by atoms with Gasteiger partial charge in [-0.05, 0) is 60.5 Å². The van der Waals surface area contributed by atoms with Crippen LogP contribution in [0.15, 0.2) is 6.20 Å². The van der Waals surface area contributed by atoms with Crippen LogP contribution in [-0.4, -0.2) is 88.9 Å². The molecule has 0 unspecified atom stereocenters. The molecule has 0 radical (unpaired) electrons. The number of nitrogens with zero attached hydrogens (tertiary/aromatic N) is 6. The topological polar surface area (TPSA) is 83.9 Å². The van der Waals surface area contributed by atoms with Gasteiger partial charge < -0.3 is 19.3 Å². The van der Waals surface area contributed by atoms with E-state index in [1.165, 1.54) is 6.20 Å². The predicted octanol–water partition coefficient (Wildman–Crippen LogP) is 4.13. The van der Waals surface area contributed by atoms with Crippen molar-refractivity contribution in [1.29, 1.82) is 0 Å². The van der Waals surface area contributed by atoms with Gasteiger partial charge in [-0.15, -0.1) is 0 Å². The van der Waals surface area contributed by atoms with Crippen LogP contribution in [-0.2, 0) is 4.74 Å². The second kappa shape index (κ2) is 9.13. The van der Waals surface area contributed by atoms with Gasteiger partial charge >= 0.3 is 12.1 Å². The van der Waals surface area contributed by atoms with E-state index < -0.39 is 11.4 Å². The van der Waals surface area contributed by atoms with Crippen molar-refractivity contribution in [2.45, 2.75) is 64.1 Å². The van der Waals surface area contributed by atoms with Crippen LogP contribution >= 0.6 is 11.6 Å². The number of carbonyl (C=O) groups is 1. The molecule has 5 rings (SSSR count). The molecule has 2 aromatic rings. The van der Waals surface area contributed by atoms with Gasteiger partial charge in [-0.1, -0.05) is 11.6 Å². The van der Waals surface area contributed by atoms with E-state index in [4.69, 9.17) is 26.1 Å². The van der Waals surface area contributed by atoms with Crippen LogP contribution < -0.4 is 9.64 Å². The maximum Gasteiger partial charge on any atom is 0.410 e. The van der Waals surface area contributed by atoms with Crippen molar-refractivity contribution >= 4 is 34.4 Å². The van der Waals surface area contributed by atoms with Crippen molar-refractivity contribution < 1.29 is 18.7 Å². The van der Waals surface area contributed by atoms with Crippen LogP contribution in [0, 0.1) is 11.2 Å². The van der Waals surface area contributed by atoms with Gasteiger partial charge in [-0.2, -0.15) is 9.97 Å². The Labute approximate surface area is 215 Å². The van der Waals surface area contributed by atoms with Crippen LogP contribution in [0.4, 0.5) is 15.0 Å². The summed E-state index contributed by atoms with van der Waals surface area (Å²) in [7, 11) is 4.08. The molecular weight excluding hydrogens is 487 g/mol. The number of fused-ring (bicyclic) bond motifs is 3. The summed E-state index contributed by atoms with van der Waals surface area (Å²) in [5.74, 6) is -0.135. The molecule has 9 nitrogen and oxygen atoms in total. The fourth-order valence-electron chi connectivity index (χ4n) is 5.41. The molecule has 11 heteroatoms. The lowest BCUT2D eigenvalue weighted by atomic mass is 10.1. The molecule has 1 saturated carbocycles. The number of hydrogen-bond donors (Lipinski definition) is 0. The minimum Gasteiger partial charge on any atom is -0.463 e. The lowest BCUT2D eigenvalue weighted by molar-refractivity contribution is 0.0123. The normalized spacial score (nSPS) is 22.9. The van der Waals surface area contributed by atoms with Gasteiger partial charge in [-0.3, -0.25) is 4.90 Å². The highest BCUT2D eigenvalue weighted by Gasteiger charge is 2.46. The summed E-state index contributed by atoms with van der Waals surface area (Å²) >= 11 is 5.99. The number of aromatic nitrogens is 3. The molecule has 2 bridgehead atoms. The van der Waals surface area contributed by atoms with E-state index in [1.807, 2.05) is 39.8 Å². The van der Waals surface area contributed by atoms with Gasteiger partial charge in [0.25, 0.3) is 0 Å². The lowest BCUT2D eigenvalue weighted by Gasteiger charge is -2.42. The quantitative estimate of drug-likeness (QED) is 0.526. The van der Waals surface area contributed by atoms with Gasteiger partial charge in [0, 0.05) is 31.2 Å². The number of halogens is 2. The van der Waals surface area contributed by atoms with E-state index in [0.717, 1.165) is 32.2 Å². The van der Waals surface area contributed by atoms with Crippen LogP contribution in [0.1, 0.15) is 46.5 Å². The Kier molecular flexibility index (Phi) is 6.39. The van der Waals surface area contributed by atoms with Crippen molar-refractivity contribution in [3.05, 3.63) is 17.2 Å². The summed E-state index contributed by atoms with van der Waals surface area (Å²) < 4.78 is 26.8. The predicted molar refractivity (Wildman–Crippen MR) is 135 cm³/mol. The zero-order chi connectivity index (χ0) is 25.8. The lowest BCUT2D eigenvalue weighted by Crippen LogP contribution is -2.57. The first-order valence-corrected chi connectivity index (χ1v) is 12.9. The highest BCUT2D eigenvalue weighted by atomic mass is 35.5. The van der Waals surface area contributed by atoms with E-state index in [2.05, 4.69) is 19.8 Å². The first kappa shape index (κ1) is 25.2. The van der Waals surface area contributed by atoms with E-state index in [1.54, 1.807) is 0 Å². The number of hydrogen-bond acceptors (Lipinski definition) is 8. The SMILES string of the molecule is CN(C)CC1(COc2nc(N3C[C@H]4CC[C@@H](C3)N4C(=O)OC(C)(C)C)c3cnc(Cl)c(F)c3n2)CC1. The summed E-state index contributed by atoms with van der Waals surface area (Å²) in [5.41, 5.74) is -0.389. The minimum atomic E-state index is -0.688. The number of ether oxygens (including phenoxy) is 2. The maximum atomic E-state index is 15.0. The van der Waals surface area contributed by atoms with Crippen LogP contribution in [0.25, 0.3) is 10.9 Å². The third kappa shape index (κ3) is 5.02. The fourth-order valence-corrected chi connectivity index (χ4v) is 5.55. The van der Waals surface area contributed by atoms with Crippen molar-refractivity contribution in [2.75, 3.05) is 45.2 Å². The van der Waals surface area contributed by atoms with Gasteiger partial charge in [-0.25, -0.2) is 14.2 Å². The molecular formula is C25H34ClFN6O3. The molecule has 0 aromatic carbocycles. The first-order chi connectivity index (χ1) is 16.9. The zero-order valence-electron chi connectivity index (χ0n) is 21.6. The molecule has 2 atom stereocenters. The summed E-state index contributed by atoms with van der Waals surface area (Å²) in [5, 5.41) is 0.239. The Balaban J connectivity index is 1.43. The number of amides is 1. The monoisotopic (exact) mass is 520 g/mol.